The third-order valence-electron chi connectivity index (χ3n) is 10.1. The van der Waals surface area contributed by atoms with Gasteiger partial charge in [-0.15, -0.1) is 0 Å². The summed E-state index contributed by atoms with van der Waals surface area (Å²) in [6, 6.07) is 39.5. The lowest BCUT2D eigenvalue weighted by atomic mass is 9.93. The number of nitro benzene ring substituents is 2. The molecule has 6 rings (SSSR count). The van der Waals surface area contributed by atoms with Crippen molar-refractivity contribution in [2.45, 2.75) is 51.4 Å². The minimum Gasteiger partial charge on any atom is -0.462 e. The zero-order valence-corrected chi connectivity index (χ0v) is 33.2. The Morgan fingerprint density at radius 1 is 0.500 bits per heavy atom. The average molecular weight is 815 g/mol. The molecule has 0 N–H and O–H groups in total. The lowest BCUT2D eigenvalue weighted by molar-refractivity contribution is -0.385. The zero-order chi connectivity index (χ0) is 43.0. The summed E-state index contributed by atoms with van der Waals surface area (Å²) in [7, 11) is 0. The van der Waals surface area contributed by atoms with Crippen LogP contribution < -0.4 is 0 Å². The van der Waals surface area contributed by atoms with Crippen molar-refractivity contribution in [1.82, 2.24) is 0 Å². The standard InChI is InChI=1S/2C24H22FNO4/c2*1-2-17(22-5-3-4-6-23(22)25)15-16-30-24(27)20-9-7-18(8-10-20)19-11-13-21(14-12-19)26(28)29/h2*3-14,17H,2,15-16H2,1H3/t2*17-/m11/s1. The molecule has 0 radical (unpaired) electrons. The second kappa shape index (κ2) is 21.6. The molecule has 0 aliphatic carbocycles. The first-order valence-electron chi connectivity index (χ1n) is 19.5. The third kappa shape index (κ3) is 12.0. The van der Waals surface area contributed by atoms with Crippen molar-refractivity contribution in [3.63, 3.8) is 0 Å². The lowest BCUT2D eigenvalue weighted by Gasteiger charge is -2.16. The molecule has 308 valence electrons. The van der Waals surface area contributed by atoms with Crippen LogP contribution in [0.15, 0.2) is 146 Å². The summed E-state index contributed by atoms with van der Waals surface area (Å²) in [5, 5.41) is 21.5. The summed E-state index contributed by atoms with van der Waals surface area (Å²) < 4.78 is 38.7. The number of benzene rings is 6. The van der Waals surface area contributed by atoms with Gasteiger partial charge in [-0.3, -0.25) is 20.2 Å². The van der Waals surface area contributed by atoms with Crippen molar-refractivity contribution < 1.29 is 37.7 Å². The highest BCUT2D eigenvalue weighted by Crippen LogP contribution is 2.28. The molecule has 0 saturated carbocycles. The monoisotopic (exact) mass is 814 g/mol. The highest BCUT2D eigenvalue weighted by molar-refractivity contribution is 5.90. The summed E-state index contributed by atoms with van der Waals surface area (Å²) in [6.07, 6.45) is 2.60. The van der Waals surface area contributed by atoms with Crippen LogP contribution in [0.3, 0.4) is 0 Å². The van der Waals surface area contributed by atoms with Crippen molar-refractivity contribution >= 4 is 23.3 Å². The van der Waals surface area contributed by atoms with E-state index in [9.17, 15) is 38.6 Å². The Morgan fingerprint density at radius 2 is 0.800 bits per heavy atom. The van der Waals surface area contributed by atoms with Crippen LogP contribution in [-0.2, 0) is 9.47 Å². The van der Waals surface area contributed by atoms with Gasteiger partial charge in [0.05, 0.1) is 34.2 Å². The molecule has 0 heterocycles. The maximum atomic E-state index is 14.0. The van der Waals surface area contributed by atoms with Crippen LogP contribution in [0.25, 0.3) is 22.3 Å². The fourth-order valence-electron chi connectivity index (χ4n) is 6.67. The van der Waals surface area contributed by atoms with Gasteiger partial charge >= 0.3 is 11.9 Å². The van der Waals surface area contributed by atoms with Gasteiger partial charge in [0.2, 0.25) is 0 Å². The van der Waals surface area contributed by atoms with Gasteiger partial charge < -0.3 is 9.47 Å². The maximum absolute atomic E-state index is 14.0. The van der Waals surface area contributed by atoms with E-state index in [1.807, 2.05) is 13.8 Å². The topological polar surface area (TPSA) is 139 Å². The number of hydrogen-bond donors (Lipinski definition) is 0. The molecule has 0 aromatic heterocycles. The minimum atomic E-state index is -0.446. The molecule has 0 aliphatic heterocycles. The fraction of sp³-hybridized carbons (Fsp3) is 0.208. The number of halogens is 2. The Bertz CT molecular complexity index is 2200. The van der Waals surface area contributed by atoms with Gasteiger partial charge in [0, 0.05) is 24.3 Å². The highest BCUT2D eigenvalue weighted by Gasteiger charge is 2.17. The number of nitrogens with zero attached hydrogens (tertiary/aromatic N) is 2. The van der Waals surface area contributed by atoms with Crippen molar-refractivity contribution in [2.24, 2.45) is 0 Å². The summed E-state index contributed by atoms with van der Waals surface area (Å²) in [5.74, 6) is -1.37. The van der Waals surface area contributed by atoms with Gasteiger partial charge in [-0.1, -0.05) is 74.5 Å². The summed E-state index contributed by atoms with van der Waals surface area (Å²) in [4.78, 5) is 45.2. The van der Waals surface area contributed by atoms with Crippen LogP contribution in [-0.4, -0.2) is 35.0 Å². The summed E-state index contributed by atoms with van der Waals surface area (Å²) in [5.41, 5.74) is 5.48. The van der Waals surface area contributed by atoms with E-state index in [2.05, 4.69) is 0 Å². The molecule has 0 unspecified atom stereocenters. The van der Waals surface area contributed by atoms with E-state index in [0.29, 0.717) is 35.1 Å². The number of esters is 2. The maximum Gasteiger partial charge on any atom is 0.338 e. The number of non-ortho nitro benzene ring substituents is 2. The number of ether oxygens (including phenoxy) is 2. The molecule has 0 fully saturated rings. The first-order valence-corrected chi connectivity index (χ1v) is 19.5. The Morgan fingerprint density at radius 3 is 1.08 bits per heavy atom. The molecule has 6 aromatic carbocycles. The quantitative estimate of drug-likeness (QED) is 0.0534. The molecule has 0 amide bonds. The average Bonchev–Trinajstić information content (AvgIpc) is 3.27. The number of carbonyl (C=O) groups is 2. The number of nitro groups is 2. The number of rotatable bonds is 16. The molecule has 12 heteroatoms. The highest BCUT2D eigenvalue weighted by atomic mass is 19.1. The predicted molar refractivity (Wildman–Crippen MR) is 226 cm³/mol. The third-order valence-corrected chi connectivity index (χ3v) is 10.1. The van der Waals surface area contributed by atoms with Crippen molar-refractivity contribution in [3.8, 4) is 22.3 Å². The van der Waals surface area contributed by atoms with Crippen LogP contribution in [0.4, 0.5) is 20.2 Å². The minimum absolute atomic E-state index is 0.0106. The fourth-order valence-corrected chi connectivity index (χ4v) is 6.67. The smallest absolute Gasteiger partial charge is 0.338 e. The van der Waals surface area contributed by atoms with E-state index in [-0.39, 0.29) is 48.1 Å². The van der Waals surface area contributed by atoms with Gasteiger partial charge in [0.15, 0.2) is 0 Å². The molecule has 10 nitrogen and oxygen atoms in total. The molecule has 2 atom stereocenters. The van der Waals surface area contributed by atoms with E-state index in [1.165, 1.54) is 36.4 Å². The van der Waals surface area contributed by atoms with Crippen LogP contribution >= 0.6 is 0 Å². The zero-order valence-electron chi connectivity index (χ0n) is 33.2. The molecule has 60 heavy (non-hydrogen) atoms. The van der Waals surface area contributed by atoms with Crippen molar-refractivity contribution in [3.05, 3.63) is 200 Å². The largest absolute Gasteiger partial charge is 0.462 e. The van der Waals surface area contributed by atoms with E-state index in [4.69, 9.17) is 9.47 Å². The van der Waals surface area contributed by atoms with Gasteiger partial charge in [-0.2, -0.15) is 0 Å². The summed E-state index contributed by atoms with van der Waals surface area (Å²) in [6.45, 7) is 4.37. The normalized spacial score (nSPS) is 11.7. The Hall–Kier alpha value is -7.08. The first-order chi connectivity index (χ1) is 29.0. The van der Waals surface area contributed by atoms with Gasteiger partial charge in [-0.25, -0.2) is 18.4 Å². The molecule has 0 spiro atoms. The molecule has 0 bridgehead atoms. The van der Waals surface area contributed by atoms with E-state index < -0.39 is 21.8 Å². The molecular weight excluding hydrogens is 771 g/mol. The van der Waals surface area contributed by atoms with Crippen LogP contribution in [0.5, 0.6) is 0 Å². The predicted octanol–water partition coefficient (Wildman–Crippen LogP) is 12.3. The van der Waals surface area contributed by atoms with Crippen LogP contribution in [0.2, 0.25) is 0 Å². The Balaban J connectivity index is 0.000000228. The molecule has 6 aromatic rings. The number of carbonyl (C=O) groups excluding carboxylic acids is 2. The lowest BCUT2D eigenvalue weighted by Crippen LogP contribution is -2.10. The Kier molecular flexibility index (Phi) is 15.9. The Labute approximate surface area is 346 Å². The number of hydrogen-bond acceptors (Lipinski definition) is 8. The second-order valence-electron chi connectivity index (χ2n) is 13.9. The van der Waals surface area contributed by atoms with Crippen molar-refractivity contribution in [2.75, 3.05) is 13.2 Å². The van der Waals surface area contributed by atoms with Crippen LogP contribution in [0.1, 0.15) is 83.2 Å². The van der Waals surface area contributed by atoms with Crippen LogP contribution in [0, 0.1) is 31.9 Å². The van der Waals surface area contributed by atoms with Gasteiger partial charge in [-0.05, 0) is 132 Å². The SMILES string of the molecule is CC[C@H](CCOC(=O)c1ccc(-c2ccc([N+](=O)[O-])cc2)cc1)c1ccccc1F.CC[C@H](CCOC(=O)c1ccc(-c2ccc([N+](=O)[O-])cc2)cc1)c1ccccc1F. The van der Waals surface area contributed by atoms with Crippen molar-refractivity contribution in [1.29, 1.82) is 0 Å². The molecular formula is C48H44F2N2O8. The van der Waals surface area contributed by atoms with Gasteiger partial charge in [0.1, 0.15) is 11.6 Å². The molecule has 0 saturated heterocycles. The van der Waals surface area contributed by atoms with E-state index in [0.717, 1.165) is 35.1 Å². The summed E-state index contributed by atoms with van der Waals surface area (Å²) >= 11 is 0. The first kappa shape index (κ1) is 44.0. The van der Waals surface area contributed by atoms with E-state index in [1.54, 1.807) is 109 Å². The second-order valence-corrected chi connectivity index (χ2v) is 13.9. The molecule has 0 aliphatic rings. The van der Waals surface area contributed by atoms with Gasteiger partial charge in [0.25, 0.3) is 11.4 Å². The van der Waals surface area contributed by atoms with E-state index >= 15 is 0 Å².